The van der Waals surface area contributed by atoms with Crippen LogP contribution in [-0.2, 0) is 0 Å². The zero-order chi connectivity index (χ0) is 12.4. The van der Waals surface area contributed by atoms with Crippen LogP contribution in [0.3, 0.4) is 0 Å². The van der Waals surface area contributed by atoms with Crippen molar-refractivity contribution in [1.29, 1.82) is 0 Å². The van der Waals surface area contributed by atoms with Crippen LogP contribution in [0.5, 0.6) is 0 Å². The first-order chi connectivity index (χ1) is 8.88. The van der Waals surface area contributed by atoms with Gasteiger partial charge in [-0.15, -0.1) is 0 Å². The normalized spacial score (nSPS) is 11.8. The van der Waals surface area contributed by atoms with Crippen molar-refractivity contribution < 1.29 is 0 Å². The summed E-state index contributed by atoms with van der Waals surface area (Å²) in [5.74, 6) is 0. The number of aromatic nitrogens is 1. The van der Waals surface area contributed by atoms with Crippen LogP contribution in [0.4, 0.5) is 0 Å². The number of H-pyrrole nitrogens is 1. The SMILES string of the molecule is CNCC=Cc1ccc2[nH]c3ccccc3c2c1. The predicted octanol–water partition coefficient (Wildman–Crippen LogP) is 3.55. The number of fused-ring (bicyclic) bond motifs is 3. The van der Waals surface area contributed by atoms with Gasteiger partial charge in [0.25, 0.3) is 0 Å². The number of likely N-dealkylation sites (N-methyl/N-ethyl adjacent to an activating group) is 1. The maximum atomic E-state index is 3.44. The van der Waals surface area contributed by atoms with Crippen molar-refractivity contribution in [2.75, 3.05) is 13.6 Å². The Morgan fingerprint density at radius 3 is 2.78 bits per heavy atom. The molecule has 2 heteroatoms. The lowest BCUT2D eigenvalue weighted by Gasteiger charge is -1.95. The van der Waals surface area contributed by atoms with Gasteiger partial charge >= 0.3 is 0 Å². The van der Waals surface area contributed by atoms with Crippen molar-refractivity contribution in [2.45, 2.75) is 0 Å². The number of hydrogen-bond donors (Lipinski definition) is 2. The Balaban J connectivity index is 2.12. The van der Waals surface area contributed by atoms with E-state index < -0.39 is 0 Å². The van der Waals surface area contributed by atoms with E-state index in [1.165, 1.54) is 27.4 Å². The highest BCUT2D eigenvalue weighted by molar-refractivity contribution is 6.07. The summed E-state index contributed by atoms with van der Waals surface area (Å²) in [6.45, 7) is 0.895. The Labute approximate surface area is 106 Å². The topological polar surface area (TPSA) is 27.8 Å². The Morgan fingerprint density at radius 1 is 1.06 bits per heavy atom. The second-order valence-corrected chi connectivity index (χ2v) is 4.44. The van der Waals surface area contributed by atoms with Crippen molar-refractivity contribution in [3.63, 3.8) is 0 Å². The Hall–Kier alpha value is -2.06. The molecular formula is C16H16N2. The summed E-state index contributed by atoms with van der Waals surface area (Å²) in [7, 11) is 1.95. The predicted molar refractivity (Wildman–Crippen MR) is 78.8 cm³/mol. The molecule has 3 rings (SSSR count). The molecule has 0 saturated heterocycles. The fourth-order valence-corrected chi connectivity index (χ4v) is 2.28. The summed E-state index contributed by atoms with van der Waals surface area (Å²) in [6, 6.07) is 14.9. The molecule has 0 spiro atoms. The first kappa shape index (κ1) is 11.1. The third-order valence-corrected chi connectivity index (χ3v) is 3.16. The van der Waals surface area contributed by atoms with Crippen LogP contribution in [0.15, 0.2) is 48.5 Å². The average molecular weight is 236 g/mol. The lowest BCUT2D eigenvalue weighted by molar-refractivity contribution is 0.922. The number of aromatic amines is 1. The molecule has 0 aliphatic rings. The van der Waals surface area contributed by atoms with Gasteiger partial charge in [0.15, 0.2) is 0 Å². The van der Waals surface area contributed by atoms with E-state index in [0.29, 0.717) is 0 Å². The van der Waals surface area contributed by atoms with Gasteiger partial charge < -0.3 is 10.3 Å². The average Bonchev–Trinajstić information content (AvgIpc) is 2.77. The standard InChI is InChI=1S/C16H16N2/c1-17-10-4-5-12-8-9-16-14(11-12)13-6-2-3-7-15(13)18-16/h2-9,11,17-18H,10H2,1H3. The van der Waals surface area contributed by atoms with Crippen LogP contribution in [-0.4, -0.2) is 18.6 Å². The number of benzene rings is 2. The van der Waals surface area contributed by atoms with E-state index >= 15 is 0 Å². The van der Waals surface area contributed by atoms with Gasteiger partial charge in [-0.25, -0.2) is 0 Å². The Bertz CT molecular complexity index is 707. The van der Waals surface area contributed by atoms with Gasteiger partial charge in [-0.3, -0.25) is 0 Å². The lowest BCUT2D eigenvalue weighted by atomic mass is 10.1. The first-order valence-electron chi connectivity index (χ1n) is 6.20. The molecule has 0 aliphatic heterocycles. The number of nitrogens with one attached hydrogen (secondary N) is 2. The molecule has 0 unspecified atom stereocenters. The second-order valence-electron chi connectivity index (χ2n) is 4.44. The van der Waals surface area contributed by atoms with Gasteiger partial charge in [-0.1, -0.05) is 36.4 Å². The van der Waals surface area contributed by atoms with Crippen LogP contribution in [0.1, 0.15) is 5.56 Å². The molecule has 0 fully saturated rings. The van der Waals surface area contributed by atoms with E-state index in [1.807, 2.05) is 7.05 Å². The summed E-state index contributed by atoms with van der Waals surface area (Å²) >= 11 is 0. The summed E-state index contributed by atoms with van der Waals surface area (Å²) in [5.41, 5.74) is 3.63. The molecule has 3 aromatic rings. The van der Waals surface area contributed by atoms with Crippen molar-refractivity contribution in [3.05, 3.63) is 54.1 Å². The lowest BCUT2D eigenvalue weighted by Crippen LogP contribution is -2.03. The molecule has 1 heterocycles. The highest BCUT2D eigenvalue weighted by Gasteiger charge is 2.02. The molecule has 90 valence electrons. The van der Waals surface area contributed by atoms with Gasteiger partial charge in [0.2, 0.25) is 0 Å². The minimum atomic E-state index is 0.895. The third kappa shape index (κ3) is 1.91. The maximum Gasteiger partial charge on any atom is 0.0465 e. The minimum absolute atomic E-state index is 0.895. The van der Waals surface area contributed by atoms with Gasteiger partial charge in [-0.05, 0) is 30.8 Å². The monoisotopic (exact) mass is 236 g/mol. The molecule has 18 heavy (non-hydrogen) atoms. The molecule has 0 radical (unpaired) electrons. The van der Waals surface area contributed by atoms with E-state index in [9.17, 15) is 0 Å². The molecule has 0 saturated carbocycles. The van der Waals surface area contributed by atoms with E-state index in [0.717, 1.165) is 6.54 Å². The summed E-state index contributed by atoms with van der Waals surface area (Å²) < 4.78 is 0. The van der Waals surface area contributed by atoms with Crippen LogP contribution in [0.2, 0.25) is 0 Å². The molecule has 2 aromatic carbocycles. The quantitative estimate of drug-likeness (QED) is 0.715. The smallest absolute Gasteiger partial charge is 0.0465 e. The van der Waals surface area contributed by atoms with Crippen LogP contribution >= 0.6 is 0 Å². The molecule has 0 atom stereocenters. The maximum absolute atomic E-state index is 3.44. The highest BCUT2D eigenvalue weighted by atomic mass is 14.8. The highest BCUT2D eigenvalue weighted by Crippen LogP contribution is 2.26. The van der Waals surface area contributed by atoms with E-state index in [1.54, 1.807) is 0 Å². The zero-order valence-electron chi connectivity index (χ0n) is 10.4. The van der Waals surface area contributed by atoms with Crippen LogP contribution in [0, 0.1) is 0 Å². The van der Waals surface area contributed by atoms with Crippen LogP contribution in [0.25, 0.3) is 27.9 Å². The molecular weight excluding hydrogens is 220 g/mol. The molecule has 0 aliphatic carbocycles. The summed E-state index contributed by atoms with van der Waals surface area (Å²) in [5, 5.41) is 5.68. The fraction of sp³-hybridized carbons (Fsp3) is 0.125. The number of rotatable bonds is 3. The van der Waals surface area contributed by atoms with Crippen molar-refractivity contribution in [3.8, 4) is 0 Å². The number of para-hydroxylation sites is 1. The van der Waals surface area contributed by atoms with Gasteiger partial charge in [-0.2, -0.15) is 0 Å². The molecule has 2 N–H and O–H groups in total. The second kappa shape index (κ2) is 4.67. The number of hydrogen-bond acceptors (Lipinski definition) is 1. The molecule has 0 amide bonds. The van der Waals surface area contributed by atoms with Gasteiger partial charge in [0.1, 0.15) is 0 Å². The van der Waals surface area contributed by atoms with Crippen molar-refractivity contribution in [1.82, 2.24) is 10.3 Å². The molecule has 0 bridgehead atoms. The minimum Gasteiger partial charge on any atom is -0.355 e. The summed E-state index contributed by atoms with van der Waals surface area (Å²) in [6.07, 6.45) is 4.29. The zero-order valence-corrected chi connectivity index (χ0v) is 10.4. The first-order valence-corrected chi connectivity index (χ1v) is 6.20. The van der Waals surface area contributed by atoms with Crippen molar-refractivity contribution in [2.24, 2.45) is 0 Å². The van der Waals surface area contributed by atoms with E-state index in [4.69, 9.17) is 0 Å². The Kier molecular flexibility index (Phi) is 2.87. The molecule has 1 aromatic heterocycles. The largest absolute Gasteiger partial charge is 0.355 e. The van der Waals surface area contributed by atoms with Gasteiger partial charge in [0, 0.05) is 28.4 Å². The van der Waals surface area contributed by atoms with Gasteiger partial charge in [0.05, 0.1) is 0 Å². The molecule has 2 nitrogen and oxygen atoms in total. The Morgan fingerprint density at radius 2 is 1.89 bits per heavy atom. The van der Waals surface area contributed by atoms with Crippen molar-refractivity contribution >= 4 is 27.9 Å². The third-order valence-electron chi connectivity index (χ3n) is 3.16. The van der Waals surface area contributed by atoms with E-state index in [-0.39, 0.29) is 0 Å². The van der Waals surface area contributed by atoms with E-state index in [2.05, 4.69) is 64.9 Å². The van der Waals surface area contributed by atoms with Crippen LogP contribution < -0.4 is 5.32 Å². The fourth-order valence-electron chi connectivity index (χ4n) is 2.28. The summed E-state index contributed by atoms with van der Waals surface area (Å²) in [4.78, 5) is 3.44.